The van der Waals surface area contributed by atoms with Crippen molar-refractivity contribution in [3.63, 3.8) is 0 Å². The highest BCUT2D eigenvalue weighted by Crippen LogP contribution is 2.32. The van der Waals surface area contributed by atoms with Crippen LogP contribution in [-0.4, -0.2) is 40.1 Å². The molecule has 29 heavy (non-hydrogen) atoms. The number of fused-ring (bicyclic) bond motifs is 1. The third-order valence-corrected chi connectivity index (χ3v) is 4.36. The van der Waals surface area contributed by atoms with Crippen molar-refractivity contribution in [1.29, 1.82) is 0 Å². The predicted molar refractivity (Wildman–Crippen MR) is 124 cm³/mol. The Morgan fingerprint density at radius 3 is 2.48 bits per heavy atom. The molecule has 7 nitrogen and oxygen atoms in total. The van der Waals surface area contributed by atoms with Gasteiger partial charge in [0.1, 0.15) is 0 Å². The number of benzene rings is 2. The van der Waals surface area contributed by atoms with E-state index in [0.717, 1.165) is 42.5 Å². The van der Waals surface area contributed by atoms with Gasteiger partial charge >= 0.3 is 0 Å². The Bertz CT molecular complexity index is 830. The zero-order valence-corrected chi connectivity index (χ0v) is 19.3. The lowest BCUT2D eigenvalue weighted by atomic mass is 10.1. The molecule has 0 atom stereocenters. The second-order valence-electron chi connectivity index (χ2n) is 6.25. The van der Waals surface area contributed by atoms with Crippen LogP contribution >= 0.6 is 24.0 Å². The molecule has 2 aromatic rings. The topological polar surface area (TPSA) is 73.3 Å². The SMILES string of the molecule is CCNC(=NCc1ccc(OC)c(OC)c1)NCCc1ccc2c(c1)OCO2.I. The summed E-state index contributed by atoms with van der Waals surface area (Å²) in [4.78, 5) is 4.66. The third kappa shape index (κ3) is 6.31. The molecule has 0 radical (unpaired) electrons. The summed E-state index contributed by atoms with van der Waals surface area (Å²) < 4.78 is 21.4. The number of methoxy groups -OCH3 is 2. The van der Waals surface area contributed by atoms with Gasteiger partial charge in [0.15, 0.2) is 29.0 Å². The van der Waals surface area contributed by atoms with Crippen molar-refractivity contribution < 1.29 is 18.9 Å². The molecule has 0 saturated heterocycles. The van der Waals surface area contributed by atoms with Gasteiger partial charge in [0.25, 0.3) is 0 Å². The standard InChI is InChI=1S/C21H27N3O4.HI/c1-4-22-21(24-13-16-6-7-17(25-2)19(12-16)26-3)23-10-9-15-5-8-18-20(11-15)28-14-27-18;/h5-8,11-12H,4,9-10,13-14H2,1-3H3,(H2,22,23,24);1H. The highest BCUT2D eigenvalue weighted by Gasteiger charge is 2.13. The largest absolute Gasteiger partial charge is 0.493 e. The molecule has 3 rings (SSSR count). The van der Waals surface area contributed by atoms with E-state index < -0.39 is 0 Å². The highest BCUT2D eigenvalue weighted by atomic mass is 127. The second kappa shape index (κ2) is 11.6. The summed E-state index contributed by atoms with van der Waals surface area (Å²) >= 11 is 0. The average Bonchev–Trinajstić information content (AvgIpc) is 3.19. The Kier molecular flexibility index (Phi) is 9.17. The van der Waals surface area contributed by atoms with E-state index in [1.807, 2.05) is 37.3 Å². The summed E-state index contributed by atoms with van der Waals surface area (Å²) in [5, 5.41) is 6.64. The van der Waals surface area contributed by atoms with Crippen molar-refractivity contribution in [3.05, 3.63) is 47.5 Å². The van der Waals surface area contributed by atoms with E-state index in [0.29, 0.717) is 24.8 Å². The van der Waals surface area contributed by atoms with Gasteiger partial charge in [0.05, 0.1) is 20.8 Å². The molecule has 0 amide bonds. The van der Waals surface area contributed by atoms with Gasteiger partial charge in [-0.15, -0.1) is 24.0 Å². The number of aliphatic imine (C=N–C) groups is 1. The molecule has 0 unspecified atom stereocenters. The first-order valence-corrected chi connectivity index (χ1v) is 9.35. The van der Waals surface area contributed by atoms with Crippen molar-refractivity contribution in [3.8, 4) is 23.0 Å². The van der Waals surface area contributed by atoms with Crippen LogP contribution in [0.25, 0.3) is 0 Å². The Hall–Kier alpha value is -2.36. The molecule has 0 bridgehead atoms. The molecule has 0 saturated carbocycles. The van der Waals surface area contributed by atoms with Crippen molar-refractivity contribution in [2.24, 2.45) is 4.99 Å². The van der Waals surface area contributed by atoms with Crippen LogP contribution in [0.15, 0.2) is 41.4 Å². The van der Waals surface area contributed by atoms with Gasteiger partial charge in [-0.25, -0.2) is 4.99 Å². The molecule has 1 heterocycles. The molecule has 1 aliphatic heterocycles. The molecule has 0 spiro atoms. The highest BCUT2D eigenvalue weighted by molar-refractivity contribution is 14.0. The van der Waals surface area contributed by atoms with Crippen molar-refractivity contribution in [1.82, 2.24) is 10.6 Å². The van der Waals surface area contributed by atoms with E-state index >= 15 is 0 Å². The van der Waals surface area contributed by atoms with Crippen LogP contribution in [0.2, 0.25) is 0 Å². The monoisotopic (exact) mass is 513 g/mol. The first-order chi connectivity index (χ1) is 13.7. The first-order valence-electron chi connectivity index (χ1n) is 9.35. The normalized spacial score (nSPS) is 12.2. The van der Waals surface area contributed by atoms with E-state index in [1.165, 1.54) is 5.56 Å². The summed E-state index contributed by atoms with van der Waals surface area (Å²) in [5.41, 5.74) is 2.23. The minimum atomic E-state index is 0. The summed E-state index contributed by atoms with van der Waals surface area (Å²) in [6, 6.07) is 11.9. The van der Waals surface area contributed by atoms with Crippen LogP contribution in [0.4, 0.5) is 0 Å². The summed E-state index contributed by atoms with van der Waals surface area (Å²) in [6.45, 7) is 4.44. The zero-order valence-electron chi connectivity index (χ0n) is 17.0. The lowest BCUT2D eigenvalue weighted by Crippen LogP contribution is -2.38. The number of hydrogen-bond acceptors (Lipinski definition) is 5. The Balaban J connectivity index is 0.00000300. The summed E-state index contributed by atoms with van der Waals surface area (Å²) in [7, 11) is 3.26. The van der Waals surface area contributed by atoms with Crippen molar-refractivity contribution >= 4 is 29.9 Å². The molecule has 2 aromatic carbocycles. The van der Waals surface area contributed by atoms with E-state index in [4.69, 9.17) is 18.9 Å². The predicted octanol–water partition coefficient (Wildman–Crippen LogP) is 3.35. The van der Waals surface area contributed by atoms with E-state index in [2.05, 4.69) is 21.7 Å². The number of halogens is 1. The Morgan fingerprint density at radius 1 is 0.966 bits per heavy atom. The zero-order chi connectivity index (χ0) is 19.8. The minimum absolute atomic E-state index is 0. The van der Waals surface area contributed by atoms with E-state index in [1.54, 1.807) is 14.2 Å². The lowest BCUT2D eigenvalue weighted by Gasteiger charge is -2.12. The fourth-order valence-corrected chi connectivity index (χ4v) is 2.91. The maximum atomic E-state index is 5.43. The molecule has 1 aliphatic rings. The summed E-state index contributed by atoms with van der Waals surface area (Å²) in [5.74, 6) is 3.81. The van der Waals surface area contributed by atoms with Crippen LogP contribution in [0.3, 0.4) is 0 Å². The molecule has 0 aromatic heterocycles. The number of ether oxygens (including phenoxy) is 4. The maximum absolute atomic E-state index is 5.43. The number of nitrogens with zero attached hydrogens (tertiary/aromatic N) is 1. The van der Waals surface area contributed by atoms with Crippen LogP contribution in [-0.2, 0) is 13.0 Å². The van der Waals surface area contributed by atoms with Gasteiger partial charge in [-0.1, -0.05) is 12.1 Å². The Labute approximate surface area is 188 Å². The van der Waals surface area contributed by atoms with Gasteiger partial charge in [-0.3, -0.25) is 0 Å². The molecule has 8 heteroatoms. The minimum Gasteiger partial charge on any atom is -0.493 e. The average molecular weight is 513 g/mol. The fourth-order valence-electron chi connectivity index (χ4n) is 2.91. The second-order valence-corrected chi connectivity index (χ2v) is 6.25. The third-order valence-electron chi connectivity index (χ3n) is 4.36. The van der Waals surface area contributed by atoms with Gasteiger partial charge in [-0.2, -0.15) is 0 Å². The van der Waals surface area contributed by atoms with Crippen LogP contribution in [0.5, 0.6) is 23.0 Å². The van der Waals surface area contributed by atoms with Crippen molar-refractivity contribution in [2.75, 3.05) is 34.1 Å². The molecular formula is C21H28IN3O4. The van der Waals surface area contributed by atoms with Gasteiger partial charge in [0, 0.05) is 13.1 Å². The van der Waals surface area contributed by atoms with Gasteiger partial charge < -0.3 is 29.6 Å². The molecule has 2 N–H and O–H groups in total. The van der Waals surface area contributed by atoms with E-state index in [-0.39, 0.29) is 24.0 Å². The lowest BCUT2D eigenvalue weighted by molar-refractivity contribution is 0.174. The van der Waals surface area contributed by atoms with E-state index in [9.17, 15) is 0 Å². The van der Waals surface area contributed by atoms with Crippen LogP contribution < -0.4 is 29.6 Å². The van der Waals surface area contributed by atoms with Gasteiger partial charge in [-0.05, 0) is 48.7 Å². The number of rotatable bonds is 8. The van der Waals surface area contributed by atoms with Crippen LogP contribution in [0.1, 0.15) is 18.1 Å². The first kappa shape index (κ1) is 22.9. The van der Waals surface area contributed by atoms with Crippen LogP contribution in [0, 0.1) is 0 Å². The molecule has 158 valence electrons. The molecular weight excluding hydrogens is 485 g/mol. The number of hydrogen-bond donors (Lipinski definition) is 2. The van der Waals surface area contributed by atoms with Crippen molar-refractivity contribution in [2.45, 2.75) is 19.9 Å². The number of nitrogens with one attached hydrogen (secondary N) is 2. The molecule has 0 aliphatic carbocycles. The maximum Gasteiger partial charge on any atom is 0.231 e. The molecule has 0 fully saturated rings. The smallest absolute Gasteiger partial charge is 0.231 e. The van der Waals surface area contributed by atoms with Gasteiger partial charge in [0.2, 0.25) is 6.79 Å². The quantitative estimate of drug-likeness (QED) is 0.321. The fraction of sp³-hybridized carbons (Fsp3) is 0.381. The number of guanidine groups is 1. The Morgan fingerprint density at radius 2 is 1.72 bits per heavy atom. The summed E-state index contributed by atoms with van der Waals surface area (Å²) in [6.07, 6.45) is 0.859.